The van der Waals surface area contributed by atoms with Gasteiger partial charge in [0, 0.05) is 35.2 Å². The Bertz CT molecular complexity index is 1730. The Hall–Kier alpha value is -2.63. The lowest BCUT2D eigenvalue weighted by Gasteiger charge is -2.43. The van der Waals surface area contributed by atoms with Gasteiger partial charge in [-0.25, -0.2) is 16.8 Å². The Morgan fingerprint density at radius 3 is 2.35 bits per heavy atom. The van der Waals surface area contributed by atoms with E-state index in [1.807, 2.05) is 17.0 Å². The average Bonchev–Trinajstić information content (AvgIpc) is 3.40. The number of sulfone groups is 2. The number of hydrogen-bond acceptors (Lipinski definition) is 7. The molecule has 3 aromatic rings. The summed E-state index contributed by atoms with van der Waals surface area (Å²) in [6.07, 6.45) is 1.30. The van der Waals surface area contributed by atoms with Crippen molar-refractivity contribution < 1.29 is 26.4 Å². The standard InChI is InChI=1S/C31H32Cl2N2O6S2/c32-27-7-4-8-28(33)25(27)21-41-23-10-11-26-22(19-23)9-12-29-31(26,43(39,40)24-5-2-1-3-6-24)13-14-35(29)30(36)20-34-15-17-42(37,38)18-16-34/h1-8,10-11,19,29H,9,12-18,20-21H2/t29-,31-/m1/s1. The maximum atomic E-state index is 14.6. The number of nitrogens with zero attached hydrogens (tertiary/aromatic N) is 2. The normalized spacial score (nSPS) is 23.4. The number of benzene rings is 3. The van der Waals surface area contributed by atoms with Crippen molar-refractivity contribution in [1.82, 2.24) is 9.80 Å². The highest BCUT2D eigenvalue weighted by Crippen LogP contribution is 2.53. The number of ether oxygens (including phenoxy) is 1. The summed E-state index contributed by atoms with van der Waals surface area (Å²) in [6.45, 7) is 1.12. The molecule has 1 aliphatic carbocycles. The monoisotopic (exact) mass is 662 g/mol. The van der Waals surface area contributed by atoms with Crippen LogP contribution in [0.25, 0.3) is 0 Å². The number of likely N-dealkylation sites (tertiary alicyclic amines) is 1. The molecule has 0 unspecified atom stereocenters. The topological polar surface area (TPSA) is 101 Å². The third kappa shape index (κ3) is 5.57. The minimum absolute atomic E-state index is 0.0243. The fraction of sp³-hybridized carbons (Fsp3) is 0.387. The summed E-state index contributed by atoms with van der Waals surface area (Å²) in [5.74, 6) is 0.452. The van der Waals surface area contributed by atoms with Gasteiger partial charge >= 0.3 is 0 Å². The smallest absolute Gasteiger partial charge is 0.237 e. The van der Waals surface area contributed by atoms with Crippen LogP contribution in [0.5, 0.6) is 5.75 Å². The van der Waals surface area contributed by atoms with Crippen molar-refractivity contribution in [2.75, 3.05) is 37.7 Å². The van der Waals surface area contributed by atoms with Crippen LogP contribution in [-0.4, -0.2) is 76.3 Å². The molecule has 2 aliphatic heterocycles. The molecule has 2 fully saturated rings. The lowest BCUT2D eigenvalue weighted by Crippen LogP contribution is -2.54. The van der Waals surface area contributed by atoms with Gasteiger partial charge in [-0.15, -0.1) is 0 Å². The van der Waals surface area contributed by atoms with Gasteiger partial charge in [-0.2, -0.15) is 0 Å². The van der Waals surface area contributed by atoms with Crippen molar-refractivity contribution in [3.63, 3.8) is 0 Å². The van der Waals surface area contributed by atoms with Crippen LogP contribution < -0.4 is 4.74 Å². The van der Waals surface area contributed by atoms with Gasteiger partial charge in [0.25, 0.3) is 0 Å². The Kier molecular flexibility index (Phi) is 8.27. The van der Waals surface area contributed by atoms with E-state index in [-0.39, 0.29) is 41.9 Å². The molecule has 0 aromatic heterocycles. The molecule has 228 valence electrons. The second kappa shape index (κ2) is 11.7. The first-order valence-corrected chi connectivity index (χ1v) is 18.3. The number of carbonyl (C=O) groups is 1. The molecule has 2 heterocycles. The molecular weight excluding hydrogens is 631 g/mol. The maximum Gasteiger partial charge on any atom is 0.237 e. The van der Waals surface area contributed by atoms with E-state index < -0.39 is 30.5 Å². The molecule has 0 N–H and O–H groups in total. The highest BCUT2D eigenvalue weighted by molar-refractivity contribution is 7.92. The molecule has 8 nitrogen and oxygen atoms in total. The third-order valence-electron chi connectivity index (χ3n) is 8.95. The average molecular weight is 664 g/mol. The maximum absolute atomic E-state index is 14.6. The Morgan fingerprint density at radius 2 is 1.65 bits per heavy atom. The Labute approximate surface area is 262 Å². The quantitative estimate of drug-likeness (QED) is 0.367. The zero-order chi connectivity index (χ0) is 30.4. The van der Waals surface area contributed by atoms with Crippen molar-refractivity contribution >= 4 is 48.8 Å². The van der Waals surface area contributed by atoms with Crippen molar-refractivity contribution in [2.45, 2.75) is 41.6 Å². The molecule has 2 saturated heterocycles. The zero-order valence-electron chi connectivity index (χ0n) is 23.4. The molecule has 0 radical (unpaired) electrons. The number of amides is 1. The molecule has 6 rings (SSSR count). The van der Waals surface area contributed by atoms with Gasteiger partial charge in [-0.1, -0.05) is 53.5 Å². The molecule has 0 bridgehead atoms. The number of hydrogen-bond donors (Lipinski definition) is 0. The summed E-state index contributed by atoms with van der Waals surface area (Å²) < 4.78 is 57.7. The first-order valence-electron chi connectivity index (χ1n) is 14.2. The molecule has 2 atom stereocenters. The highest BCUT2D eigenvalue weighted by atomic mass is 35.5. The van der Waals surface area contributed by atoms with E-state index in [2.05, 4.69) is 0 Å². The minimum atomic E-state index is -3.93. The second-order valence-electron chi connectivity index (χ2n) is 11.3. The largest absolute Gasteiger partial charge is 0.489 e. The fourth-order valence-corrected chi connectivity index (χ4v) is 10.9. The van der Waals surface area contributed by atoms with Gasteiger partial charge in [0.05, 0.1) is 29.0 Å². The summed E-state index contributed by atoms with van der Waals surface area (Å²) in [6, 6.07) is 18.6. The van der Waals surface area contributed by atoms with Gasteiger partial charge < -0.3 is 9.64 Å². The highest BCUT2D eigenvalue weighted by Gasteiger charge is 2.60. The molecule has 43 heavy (non-hydrogen) atoms. The van der Waals surface area contributed by atoms with Gasteiger partial charge in [0.1, 0.15) is 17.1 Å². The van der Waals surface area contributed by atoms with Crippen LogP contribution in [-0.2, 0) is 42.2 Å². The van der Waals surface area contributed by atoms with Gasteiger partial charge in [-0.3, -0.25) is 9.69 Å². The summed E-state index contributed by atoms with van der Waals surface area (Å²) in [7, 11) is -7.01. The summed E-state index contributed by atoms with van der Waals surface area (Å²) in [5.41, 5.74) is 2.23. The minimum Gasteiger partial charge on any atom is -0.489 e. The lowest BCUT2D eigenvalue weighted by atomic mass is 9.78. The van der Waals surface area contributed by atoms with E-state index >= 15 is 0 Å². The summed E-state index contributed by atoms with van der Waals surface area (Å²) in [5, 5.41) is 1.01. The second-order valence-corrected chi connectivity index (χ2v) is 16.7. The van der Waals surface area contributed by atoms with Crippen molar-refractivity contribution in [3.8, 4) is 5.75 Å². The van der Waals surface area contributed by atoms with Crippen LogP contribution in [0.2, 0.25) is 10.0 Å². The van der Waals surface area contributed by atoms with E-state index in [1.54, 1.807) is 59.5 Å². The van der Waals surface area contributed by atoms with Crippen LogP contribution >= 0.6 is 23.2 Å². The van der Waals surface area contributed by atoms with E-state index in [0.717, 1.165) is 5.56 Å². The zero-order valence-corrected chi connectivity index (χ0v) is 26.6. The number of carbonyl (C=O) groups excluding carboxylic acids is 1. The van der Waals surface area contributed by atoms with E-state index in [1.165, 1.54) is 0 Å². The third-order valence-corrected chi connectivity index (χ3v) is 13.8. The van der Waals surface area contributed by atoms with Crippen molar-refractivity contribution in [2.24, 2.45) is 0 Å². The van der Waals surface area contributed by atoms with Crippen LogP contribution in [0.1, 0.15) is 29.5 Å². The molecule has 3 aromatic carbocycles. The van der Waals surface area contributed by atoms with Crippen molar-refractivity contribution in [1.29, 1.82) is 0 Å². The van der Waals surface area contributed by atoms with Crippen molar-refractivity contribution in [3.05, 3.63) is 93.5 Å². The molecule has 12 heteroatoms. The molecule has 3 aliphatic rings. The SMILES string of the molecule is O=C(CN1CCS(=O)(=O)CC1)N1CC[C@@]2(S(=O)(=O)c3ccccc3)c3ccc(OCc4c(Cl)cccc4Cl)cc3CC[C@@H]12. The van der Waals surface area contributed by atoms with E-state index in [0.29, 0.717) is 59.4 Å². The Morgan fingerprint density at radius 1 is 0.953 bits per heavy atom. The first kappa shape index (κ1) is 30.4. The molecular formula is C31H32Cl2N2O6S2. The van der Waals surface area contributed by atoms with Crippen LogP contribution in [0.15, 0.2) is 71.6 Å². The van der Waals surface area contributed by atoms with Crippen LogP contribution in [0.4, 0.5) is 0 Å². The summed E-state index contributed by atoms with van der Waals surface area (Å²) >= 11 is 12.6. The summed E-state index contributed by atoms with van der Waals surface area (Å²) in [4.78, 5) is 17.5. The van der Waals surface area contributed by atoms with Gasteiger partial charge in [-0.05, 0) is 66.8 Å². The molecule has 1 amide bonds. The Balaban J connectivity index is 1.33. The molecule has 0 spiro atoms. The lowest BCUT2D eigenvalue weighted by molar-refractivity contribution is -0.133. The number of rotatable bonds is 7. The fourth-order valence-electron chi connectivity index (χ4n) is 6.72. The number of halogens is 2. The van der Waals surface area contributed by atoms with Gasteiger partial charge in [0.15, 0.2) is 19.7 Å². The number of fused-ring (bicyclic) bond motifs is 3. The molecule has 0 saturated carbocycles. The van der Waals surface area contributed by atoms with E-state index in [9.17, 15) is 21.6 Å². The van der Waals surface area contributed by atoms with E-state index in [4.69, 9.17) is 27.9 Å². The predicted molar refractivity (Wildman–Crippen MR) is 166 cm³/mol. The van der Waals surface area contributed by atoms with Crippen LogP contribution in [0.3, 0.4) is 0 Å². The first-order chi connectivity index (χ1) is 20.5. The number of aryl methyl sites for hydroxylation is 1. The van der Waals surface area contributed by atoms with Crippen LogP contribution in [0, 0.1) is 0 Å². The van der Waals surface area contributed by atoms with Gasteiger partial charge in [0.2, 0.25) is 5.91 Å². The predicted octanol–water partition coefficient (Wildman–Crippen LogP) is 4.52.